The van der Waals surface area contributed by atoms with Gasteiger partial charge in [-0.1, -0.05) is 6.92 Å². The molecular weight excluding hydrogens is 264 g/mol. The molecule has 0 saturated heterocycles. The summed E-state index contributed by atoms with van der Waals surface area (Å²) in [6.07, 6.45) is -2.82. The lowest BCUT2D eigenvalue weighted by Gasteiger charge is -2.00. The van der Waals surface area contributed by atoms with Gasteiger partial charge in [-0.3, -0.25) is 4.79 Å². The highest BCUT2D eigenvalue weighted by Gasteiger charge is 2.04. The summed E-state index contributed by atoms with van der Waals surface area (Å²) in [5.74, 6) is -0.945. The quantitative estimate of drug-likeness (QED) is 0.395. The molecule has 9 heteroatoms. The minimum absolute atomic E-state index is 0.0530. The maximum absolute atomic E-state index is 9.81. The third kappa shape index (κ3) is 21.8. The van der Waals surface area contributed by atoms with Gasteiger partial charge in [0.1, 0.15) is 0 Å². The fourth-order valence-electron chi connectivity index (χ4n) is 0.724. The minimum atomic E-state index is -1.37. The Hall–Kier alpha value is -2.03. The standard InChI is InChI=1S/C5H8O6.C5H10O3/c6-4(7)10-2-1-3-11-5(8)9;1-2-4(6)3-5(7)8/h1-3H2,(H,6,7)(H,8,9);4,6H,2-3H2,1H3,(H,7,8). The second-order valence-electron chi connectivity index (χ2n) is 3.24. The zero-order valence-corrected chi connectivity index (χ0v) is 10.4. The number of carboxylic acids is 1. The molecular formula is C10H18O9. The van der Waals surface area contributed by atoms with Gasteiger partial charge in [-0.15, -0.1) is 0 Å². The molecule has 0 amide bonds. The summed E-state index contributed by atoms with van der Waals surface area (Å²) >= 11 is 0. The average Bonchev–Trinajstić information content (AvgIpc) is 2.27. The van der Waals surface area contributed by atoms with E-state index in [-0.39, 0.29) is 26.1 Å². The second kappa shape index (κ2) is 12.4. The predicted octanol–water partition coefficient (Wildman–Crippen LogP) is 0.998. The van der Waals surface area contributed by atoms with Crippen LogP contribution in [-0.2, 0) is 14.3 Å². The molecule has 0 bridgehead atoms. The molecule has 0 aliphatic carbocycles. The third-order valence-electron chi connectivity index (χ3n) is 1.62. The van der Waals surface area contributed by atoms with Gasteiger partial charge in [0.05, 0.1) is 25.7 Å². The van der Waals surface area contributed by atoms with Crippen molar-refractivity contribution in [1.82, 2.24) is 0 Å². The molecule has 19 heavy (non-hydrogen) atoms. The van der Waals surface area contributed by atoms with Crippen molar-refractivity contribution >= 4 is 18.3 Å². The maximum Gasteiger partial charge on any atom is 0.505 e. The number of hydrogen-bond acceptors (Lipinski definition) is 6. The lowest BCUT2D eigenvalue weighted by atomic mass is 10.2. The van der Waals surface area contributed by atoms with Gasteiger partial charge in [0, 0.05) is 6.42 Å². The summed E-state index contributed by atoms with van der Waals surface area (Å²) in [6.45, 7) is 1.64. The highest BCUT2D eigenvalue weighted by Crippen LogP contribution is 1.94. The van der Waals surface area contributed by atoms with Crippen LogP contribution in [0.5, 0.6) is 0 Å². The van der Waals surface area contributed by atoms with E-state index in [1.807, 2.05) is 0 Å². The molecule has 112 valence electrons. The first-order valence-corrected chi connectivity index (χ1v) is 5.40. The predicted molar refractivity (Wildman–Crippen MR) is 61.1 cm³/mol. The van der Waals surface area contributed by atoms with E-state index >= 15 is 0 Å². The summed E-state index contributed by atoms with van der Waals surface area (Å²) in [7, 11) is 0. The van der Waals surface area contributed by atoms with E-state index in [2.05, 4.69) is 9.47 Å². The molecule has 0 aliphatic rings. The largest absolute Gasteiger partial charge is 0.505 e. The zero-order chi connectivity index (χ0) is 15.3. The van der Waals surface area contributed by atoms with Crippen LogP contribution in [0, 0.1) is 0 Å². The van der Waals surface area contributed by atoms with Crippen molar-refractivity contribution in [2.75, 3.05) is 13.2 Å². The van der Waals surface area contributed by atoms with Crippen molar-refractivity contribution in [2.45, 2.75) is 32.3 Å². The van der Waals surface area contributed by atoms with Crippen molar-refractivity contribution in [1.29, 1.82) is 0 Å². The zero-order valence-electron chi connectivity index (χ0n) is 10.4. The number of aliphatic hydroxyl groups excluding tert-OH is 1. The Labute approximate surface area is 109 Å². The molecule has 0 heterocycles. The van der Waals surface area contributed by atoms with E-state index < -0.39 is 24.4 Å². The molecule has 0 rings (SSSR count). The summed E-state index contributed by atoms with van der Waals surface area (Å²) in [4.78, 5) is 29.2. The van der Waals surface area contributed by atoms with Gasteiger partial charge in [0.25, 0.3) is 0 Å². The SMILES string of the molecule is CCC(O)CC(=O)O.O=C(O)OCCCOC(=O)O. The van der Waals surface area contributed by atoms with E-state index in [9.17, 15) is 14.4 Å². The molecule has 0 radical (unpaired) electrons. The van der Waals surface area contributed by atoms with Crippen molar-refractivity contribution in [3.05, 3.63) is 0 Å². The lowest BCUT2D eigenvalue weighted by Crippen LogP contribution is -2.10. The van der Waals surface area contributed by atoms with E-state index in [1.165, 1.54) is 0 Å². The highest BCUT2D eigenvalue weighted by atomic mass is 16.7. The van der Waals surface area contributed by atoms with Gasteiger partial charge in [0.15, 0.2) is 0 Å². The van der Waals surface area contributed by atoms with Crippen molar-refractivity contribution in [3.63, 3.8) is 0 Å². The Morgan fingerprint density at radius 3 is 1.63 bits per heavy atom. The van der Waals surface area contributed by atoms with Crippen LogP contribution in [0.2, 0.25) is 0 Å². The molecule has 1 atom stereocenters. The Morgan fingerprint density at radius 2 is 1.42 bits per heavy atom. The number of aliphatic hydroxyl groups is 1. The minimum Gasteiger partial charge on any atom is -0.481 e. The van der Waals surface area contributed by atoms with Crippen LogP contribution in [0.4, 0.5) is 9.59 Å². The van der Waals surface area contributed by atoms with Crippen LogP contribution in [0.15, 0.2) is 0 Å². The number of rotatable bonds is 7. The number of ether oxygens (including phenoxy) is 2. The molecule has 0 aromatic rings. The van der Waals surface area contributed by atoms with E-state index in [1.54, 1.807) is 6.92 Å². The molecule has 0 aromatic heterocycles. The van der Waals surface area contributed by atoms with Gasteiger partial charge in [-0.05, 0) is 6.42 Å². The summed E-state index contributed by atoms with van der Waals surface area (Å²) in [5.41, 5.74) is 0. The van der Waals surface area contributed by atoms with Crippen molar-refractivity contribution in [3.8, 4) is 0 Å². The normalized spacial score (nSPS) is 10.6. The Balaban J connectivity index is 0. The van der Waals surface area contributed by atoms with Gasteiger partial charge < -0.3 is 29.9 Å². The summed E-state index contributed by atoms with van der Waals surface area (Å²) in [5, 5.41) is 32.6. The van der Waals surface area contributed by atoms with Crippen LogP contribution >= 0.6 is 0 Å². The Kier molecular flexibility index (Phi) is 12.6. The topological polar surface area (TPSA) is 151 Å². The molecule has 0 aliphatic heterocycles. The number of carbonyl (C=O) groups is 3. The first kappa shape index (κ1) is 19.3. The van der Waals surface area contributed by atoms with Crippen molar-refractivity contribution in [2.24, 2.45) is 0 Å². The van der Waals surface area contributed by atoms with Crippen LogP contribution in [0.25, 0.3) is 0 Å². The molecule has 9 nitrogen and oxygen atoms in total. The molecule has 4 N–H and O–H groups in total. The monoisotopic (exact) mass is 282 g/mol. The molecule has 1 unspecified atom stereocenters. The highest BCUT2D eigenvalue weighted by molar-refractivity contribution is 5.67. The van der Waals surface area contributed by atoms with E-state index in [0.29, 0.717) is 6.42 Å². The Bertz CT molecular complexity index is 260. The van der Waals surface area contributed by atoms with Crippen LogP contribution in [0.1, 0.15) is 26.2 Å². The average molecular weight is 282 g/mol. The van der Waals surface area contributed by atoms with Gasteiger partial charge in [0.2, 0.25) is 0 Å². The fraction of sp³-hybridized carbons (Fsp3) is 0.700. The van der Waals surface area contributed by atoms with Crippen LogP contribution in [-0.4, -0.2) is 58.0 Å². The summed E-state index contributed by atoms with van der Waals surface area (Å²) < 4.78 is 8.13. The van der Waals surface area contributed by atoms with Crippen LogP contribution in [0.3, 0.4) is 0 Å². The summed E-state index contributed by atoms with van der Waals surface area (Å²) in [6, 6.07) is 0. The molecule has 0 fully saturated rings. The number of hydrogen-bond donors (Lipinski definition) is 4. The lowest BCUT2D eigenvalue weighted by molar-refractivity contribution is -0.139. The van der Waals surface area contributed by atoms with Gasteiger partial charge in [-0.2, -0.15) is 0 Å². The number of aliphatic carboxylic acids is 1. The van der Waals surface area contributed by atoms with Crippen LogP contribution < -0.4 is 0 Å². The third-order valence-corrected chi connectivity index (χ3v) is 1.62. The first-order chi connectivity index (χ1) is 8.79. The van der Waals surface area contributed by atoms with E-state index in [4.69, 9.17) is 20.4 Å². The van der Waals surface area contributed by atoms with Crippen molar-refractivity contribution < 1.29 is 44.3 Å². The number of carboxylic acid groups (broad SMARTS) is 3. The first-order valence-electron chi connectivity index (χ1n) is 5.40. The molecule has 0 saturated carbocycles. The fourth-order valence-corrected chi connectivity index (χ4v) is 0.724. The molecule has 0 spiro atoms. The molecule has 0 aromatic carbocycles. The maximum atomic E-state index is 9.81. The van der Waals surface area contributed by atoms with Gasteiger partial charge >= 0.3 is 18.3 Å². The van der Waals surface area contributed by atoms with Gasteiger partial charge in [-0.25, -0.2) is 9.59 Å². The van der Waals surface area contributed by atoms with E-state index in [0.717, 1.165) is 0 Å². The Morgan fingerprint density at radius 1 is 1.00 bits per heavy atom. The second-order valence-corrected chi connectivity index (χ2v) is 3.24. The smallest absolute Gasteiger partial charge is 0.481 e.